The second kappa shape index (κ2) is 5.16. The molecule has 1 saturated heterocycles. The second-order valence-electron chi connectivity index (χ2n) is 5.87. The van der Waals surface area contributed by atoms with E-state index in [0.29, 0.717) is 11.5 Å². The summed E-state index contributed by atoms with van der Waals surface area (Å²) in [5.74, 6) is 1.59. The first-order chi connectivity index (χ1) is 6.96. The van der Waals surface area contributed by atoms with Crippen molar-refractivity contribution in [2.24, 2.45) is 17.3 Å². The third kappa shape index (κ3) is 3.64. The van der Waals surface area contributed by atoms with Gasteiger partial charge in [-0.2, -0.15) is 0 Å². The van der Waals surface area contributed by atoms with Crippen molar-refractivity contribution in [1.29, 1.82) is 0 Å². The highest BCUT2D eigenvalue weighted by molar-refractivity contribution is 5.05. The fourth-order valence-corrected chi connectivity index (χ4v) is 2.38. The molecule has 1 aliphatic rings. The Morgan fingerprint density at radius 3 is 2.47 bits per heavy atom. The van der Waals surface area contributed by atoms with Gasteiger partial charge in [-0.1, -0.05) is 53.2 Å². The summed E-state index contributed by atoms with van der Waals surface area (Å²) in [4.78, 5) is 0. The summed E-state index contributed by atoms with van der Waals surface area (Å²) in [7, 11) is 0. The van der Waals surface area contributed by atoms with E-state index < -0.39 is 0 Å². The van der Waals surface area contributed by atoms with Gasteiger partial charge < -0.3 is 5.32 Å². The van der Waals surface area contributed by atoms with E-state index in [-0.39, 0.29) is 0 Å². The zero-order valence-electron chi connectivity index (χ0n) is 11.0. The van der Waals surface area contributed by atoms with Gasteiger partial charge in [-0.25, -0.2) is 0 Å². The van der Waals surface area contributed by atoms with Gasteiger partial charge in [0.25, 0.3) is 0 Å². The molecule has 0 aromatic carbocycles. The maximum Gasteiger partial charge on any atom is 0.0279 e. The molecule has 1 heteroatoms. The van der Waals surface area contributed by atoms with Crippen molar-refractivity contribution in [2.75, 3.05) is 6.54 Å². The molecule has 0 aliphatic carbocycles. The van der Waals surface area contributed by atoms with Gasteiger partial charge in [-0.3, -0.25) is 0 Å². The Bertz CT molecular complexity index is 217. The number of hydrogen-bond acceptors (Lipinski definition) is 1. The molecule has 1 aliphatic heterocycles. The van der Waals surface area contributed by atoms with Crippen LogP contribution in [0.3, 0.4) is 0 Å². The normalized spacial score (nSPS) is 32.7. The minimum absolute atomic E-state index is 0.363. The van der Waals surface area contributed by atoms with E-state index in [1.54, 1.807) is 0 Å². The van der Waals surface area contributed by atoms with Crippen LogP contribution in [0.4, 0.5) is 0 Å². The third-order valence-electron chi connectivity index (χ3n) is 3.79. The molecule has 15 heavy (non-hydrogen) atoms. The van der Waals surface area contributed by atoms with Crippen molar-refractivity contribution in [3.8, 4) is 0 Å². The molecule has 3 unspecified atom stereocenters. The monoisotopic (exact) mass is 209 g/mol. The fourth-order valence-electron chi connectivity index (χ4n) is 2.38. The van der Waals surface area contributed by atoms with E-state index in [4.69, 9.17) is 0 Å². The summed E-state index contributed by atoms with van der Waals surface area (Å²) >= 11 is 0. The first-order valence-corrected chi connectivity index (χ1v) is 6.39. The Balaban J connectivity index is 2.50. The Morgan fingerprint density at radius 2 is 2.00 bits per heavy atom. The molecule has 0 radical (unpaired) electrons. The molecule has 1 fully saturated rings. The molecular weight excluding hydrogens is 182 g/mol. The molecule has 0 amide bonds. The molecule has 88 valence electrons. The van der Waals surface area contributed by atoms with Crippen LogP contribution in [0, 0.1) is 17.3 Å². The van der Waals surface area contributed by atoms with Crippen molar-refractivity contribution in [2.45, 2.75) is 53.5 Å². The minimum Gasteiger partial charge on any atom is -0.310 e. The van der Waals surface area contributed by atoms with Crippen molar-refractivity contribution in [1.82, 2.24) is 5.32 Å². The van der Waals surface area contributed by atoms with Gasteiger partial charge in [0.1, 0.15) is 0 Å². The molecule has 1 N–H and O–H groups in total. The van der Waals surface area contributed by atoms with Crippen molar-refractivity contribution < 1.29 is 0 Å². The van der Waals surface area contributed by atoms with Crippen molar-refractivity contribution in [3.63, 3.8) is 0 Å². The summed E-state index contributed by atoms with van der Waals surface area (Å²) in [6.07, 6.45) is 7.34. The summed E-state index contributed by atoms with van der Waals surface area (Å²) in [5.41, 5.74) is 0.363. The number of allylic oxidation sites excluding steroid dienone is 1. The average Bonchev–Trinajstić information content (AvgIpc) is 2.45. The maximum atomic E-state index is 3.58. The van der Waals surface area contributed by atoms with E-state index in [1.807, 2.05) is 0 Å². The average molecular weight is 209 g/mol. The third-order valence-corrected chi connectivity index (χ3v) is 3.79. The van der Waals surface area contributed by atoms with Crippen molar-refractivity contribution in [3.05, 3.63) is 12.2 Å². The summed E-state index contributed by atoms with van der Waals surface area (Å²) < 4.78 is 0. The zero-order chi connectivity index (χ0) is 11.5. The molecule has 0 spiro atoms. The predicted molar refractivity (Wildman–Crippen MR) is 67.9 cm³/mol. The smallest absolute Gasteiger partial charge is 0.0279 e. The zero-order valence-corrected chi connectivity index (χ0v) is 11.0. The van der Waals surface area contributed by atoms with Crippen LogP contribution in [0.15, 0.2) is 12.2 Å². The van der Waals surface area contributed by atoms with Crippen LogP contribution in [0.5, 0.6) is 0 Å². The SMILES string of the molecule is CCCC(C)(C)/C=C/C1NCC(C)C1C. The highest BCUT2D eigenvalue weighted by Gasteiger charge is 2.27. The van der Waals surface area contributed by atoms with E-state index in [0.717, 1.165) is 11.8 Å². The van der Waals surface area contributed by atoms with Crippen LogP contribution >= 0.6 is 0 Å². The Kier molecular flexibility index (Phi) is 4.39. The Labute approximate surface area is 95.3 Å². The number of rotatable bonds is 4. The Hall–Kier alpha value is -0.300. The van der Waals surface area contributed by atoms with Crippen LogP contribution in [0.25, 0.3) is 0 Å². The molecule has 0 saturated carbocycles. The first kappa shape index (κ1) is 12.8. The van der Waals surface area contributed by atoms with Gasteiger partial charge in [0.2, 0.25) is 0 Å². The summed E-state index contributed by atoms with van der Waals surface area (Å²) in [6.45, 7) is 12.8. The van der Waals surface area contributed by atoms with Crippen molar-refractivity contribution >= 4 is 0 Å². The van der Waals surface area contributed by atoms with Crippen LogP contribution in [-0.4, -0.2) is 12.6 Å². The molecule has 1 rings (SSSR count). The van der Waals surface area contributed by atoms with E-state index in [1.165, 1.54) is 19.4 Å². The largest absolute Gasteiger partial charge is 0.310 e. The molecular formula is C14H27N. The molecule has 1 heterocycles. The predicted octanol–water partition coefficient (Wildman–Crippen LogP) is 3.61. The molecule has 0 bridgehead atoms. The van der Waals surface area contributed by atoms with E-state index in [9.17, 15) is 0 Å². The van der Waals surface area contributed by atoms with Crippen LogP contribution in [0.1, 0.15) is 47.5 Å². The Morgan fingerprint density at radius 1 is 1.33 bits per heavy atom. The second-order valence-corrected chi connectivity index (χ2v) is 5.87. The lowest BCUT2D eigenvalue weighted by atomic mass is 9.86. The van der Waals surface area contributed by atoms with Crippen LogP contribution in [0.2, 0.25) is 0 Å². The lowest BCUT2D eigenvalue weighted by Gasteiger charge is -2.21. The lowest BCUT2D eigenvalue weighted by molar-refractivity contribution is 0.421. The maximum absolute atomic E-state index is 3.58. The lowest BCUT2D eigenvalue weighted by Crippen LogP contribution is -2.24. The van der Waals surface area contributed by atoms with Gasteiger partial charge in [-0.05, 0) is 30.2 Å². The number of nitrogens with one attached hydrogen (secondary N) is 1. The van der Waals surface area contributed by atoms with Gasteiger partial charge >= 0.3 is 0 Å². The molecule has 3 atom stereocenters. The first-order valence-electron chi connectivity index (χ1n) is 6.39. The molecule has 0 aromatic rings. The topological polar surface area (TPSA) is 12.0 Å². The van der Waals surface area contributed by atoms with Gasteiger partial charge in [0.05, 0.1) is 0 Å². The minimum atomic E-state index is 0.363. The molecule has 0 aromatic heterocycles. The van der Waals surface area contributed by atoms with E-state index >= 15 is 0 Å². The van der Waals surface area contributed by atoms with Gasteiger partial charge in [0.15, 0.2) is 0 Å². The number of hydrogen-bond donors (Lipinski definition) is 1. The molecule has 1 nitrogen and oxygen atoms in total. The highest BCUT2D eigenvalue weighted by atomic mass is 15.0. The fraction of sp³-hybridized carbons (Fsp3) is 0.857. The van der Waals surface area contributed by atoms with Crippen LogP contribution in [-0.2, 0) is 0 Å². The highest BCUT2D eigenvalue weighted by Crippen LogP contribution is 2.27. The van der Waals surface area contributed by atoms with Gasteiger partial charge in [-0.15, -0.1) is 0 Å². The standard InChI is InChI=1S/C14H27N/c1-6-8-14(4,5)9-7-13-12(3)11(2)10-15-13/h7,9,11-13,15H,6,8,10H2,1-5H3/b9-7+. The summed E-state index contributed by atoms with van der Waals surface area (Å²) in [6, 6.07) is 0.594. The van der Waals surface area contributed by atoms with Gasteiger partial charge in [0, 0.05) is 6.04 Å². The quantitative estimate of drug-likeness (QED) is 0.697. The summed E-state index contributed by atoms with van der Waals surface area (Å²) in [5, 5.41) is 3.58. The van der Waals surface area contributed by atoms with Crippen LogP contribution < -0.4 is 5.32 Å². The van der Waals surface area contributed by atoms with E-state index in [2.05, 4.69) is 52.1 Å².